The molecule has 0 spiro atoms. The summed E-state index contributed by atoms with van der Waals surface area (Å²) in [5.74, 6) is 0.110. The minimum atomic E-state index is 0.110. The first-order valence-corrected chi connectivity index (χ1v) is 5.35. The van der Waals surface area contributed by atoms with E-state index in [1.807, 2.05) is 14.0 Å². The number of carbonyl (C=O) groups excluding carboxylic acids is 1. The van der Waals surface area contributed by atoms with E-state index >= 15 is 0 Å². The van der Waals surface area contributed by atoms with Crippen LogP contribution in [0.1, 0.15) is 13.3 Å². The topological polar surface area (TPSA) is 41.6 Å². The molecule has 0 aromatic rings. The van der Waals surface area contributed by atoms with Gasteiger partial charge in [-0.1, -0.05) is 6.08 Å². The molecule has 2 unspecified atom stereocenters. The highest BCUT2D eigenvalue weighted by Crippen LogP contribution is 2.17. The Bertz CT molecular complexity index is 231. The first-order valence-electron chi connectivity index (χ1n) is 5.35. The summed E-state index contributed by atoms with van der Waals surface area (Å²) in [4.78, 5) is 13.5. The fraction of sp³-hybridized carbons (Fsp3) is 0.727. The summed E-state index contributed by atoms with van der Waals surface area (Å²) in [5.41, 5.74) is 0. The van der Waals surface area contributed by atoms with Crippen LogP contribution in [-0.2, 0) is 9.53 Å². The summed E-state index contributed by atoms with van der Waals surface area (Å²) in [6.45, 7) is 7.38. The molecule has 1 aliphatic rings. The van der Waals surface area contributed by atoms with Crippen molar-refractivity contribution in [2.45, 2.75) is 25.5 Å². The molecule has 1 fully saturated rings. The highest BCUT2D eigenvalue weighted by molar-refractivity contribution is 5.78. The van der Waals surface area contributed by atoms with Crippen LogP contribution in [0.4, 0.5) is 0 Å². The quantitative estimate of drug-likeness (QED) is 0.530. The van der Waals surface area contributed by atoms with Crippen LogP contribution < -0.4 is 5.32 Å². The van der Waals surface area contributed by atoms with Crippen molar-refractivity contribution in [3.63, 3.8) is 0 Å². The first kappa shape index (κ1) is 12.2. The van der Waals surface area contributed by atoms with Crippen molar-refractivity contribution in [1.29, 1.82) is 0 Å². The van der Waals surface area contributed by atoms with Crippen molar-refractivity contribution >= 4 is 5.91 Å². The lowest BCUT2D eigenvalue weighted by Crippen LogP contribution is -2.44. The van der Waals surface area contributed by atoms with Gasteiger partial charge in [0, 0.05) is 20.2 Å². The maximum absolute atomic E-state index is 11.7. The molecular weight excluding hydrogens is 192 g/mol. The molecule has 0 bridgehead atoms. The highest BCUT2D eigenvalue weighted by atomic mass is 16.5. The second-order valence-corrected chi connectivity index (χ2v) is 3.86. The van der Waals surface area contributed by atoms with Crippen LogP contribution in [0, 0.1) is 0 Å². The maximum Gasteiger partial charge on any atom is 0.236 e. The zero-order valence-corrected chi connectivity index (χ0v) is 9.53. The number of amides is 1. The van der Waals surface area contributed by atoms with Crippen LogP contribution in [0.3, 0.4) is 0 Å². The molecular formula is C11H20N2O2. The second-order valence-electron chi connectivity index (χ2n) is 3.86. The molecule has 1 N–H and O–H groups in total. The van der Waals surface area contributed by atoms with Gasteiger partial charge in [-0.25, -0.2) is 0 Å². The van der Waals surface area contributed by atoms with Crippen LogP contribution in [0.15, 0.2) is 12.7 Å². The average molecular weight is 212 g/mol. The van der Waals surface area contributed by atoms with E-state index in [1.165, 1.54) is 0 Å². The molecule has 2 atom stereocenters. The van der Waals surface area contributed by atoms with Crippen molar-refractivity contribution in [3.8, 4) is 0 Å². The molecule has 0 radical (unpaired) electrons. The van der Waals surface area contributed by atoms with E-state index in [1.54, 1.807) is 11.0 Å². The third kappa shape index (κ3) is 3.32. The average Bonchev–Trinajstić information content (AvgIpc) is 2.63. The molecule has 4 heteroatoms. The van der Waals surface area contributed by atoms with Gasteiger partial charge in [-0.05, 0) is 13.3 Å². The number of hydrogen-bond donors (Lipinski definition) is 1. The first-order chi connectivity index (χ1) is 7.16. The number of carbonyl (C=O) groups is 1. The van der Waals surface area contributed by atoms with Gasteiger partial charge >= 0.3 is 0 Å². The SMILES string of the molecule is C=CCNCC(=O)N(C)C1CCOC1C. The Balaban J connectivity index is 2.34. The molecule has 1 saturated heterocycles. The van der Waals surface area contributed by atoms with Gasteiger partial charge < -0.3 is 15.0 Å². The van der Waals surface area contributed by atoms with E-state index in [2.05, 4.69) is 11.9 Å². The number of ether oxygens (including phenoxy) is 1. The molecule has 1 aliphatic heterocycles. The van der Waals surface area contributed by atoms with Crippen LogP contribution in [0.25, 0.3) is 0 Å². The number of likely N-dealkylation sites (N-methyl/N-ethyl adjacent to an activating group) is 1. The zero-order chi connectivity index (χ0) is 11.3. The predicted octanol–water partition coefficient (Wildman–Crippen LogP) is 0.398. The third-order valence-corrected chi connectivity index (χ3v) is 2.79. The van der Waals surface area contributed by atoms with E-state index in [0.717, 1.165) is 13.0 Å². The largest absolute Gasteiger partial charge is 0.376 e. The molecule has 4 nitrogen and oxygen atoms in total. The fourth-order valence-corrected chi connectivity index (χ4v) is 1.82. The molecule has 86 valence electrons. The molecule has 0 aromatic heterocycles. The van der Waals surface area contributed by atoms with Crippen LogP contribution >= 0.6 is 0 Å². The number of nitrogens with one attached hydrogen (secondary N) is 1. The Morgan fingerprint density at radius 3 is 3.00 bits per heavy atom. The Labute approximate surface area is 91.3 Å². The summed E-state index contributed by atoms with van der Waals surface area (Å²) < 4.78 is 5.43. The number of nitrogens with zero attached hydrogens (tertiary/aromatic N) is 1. The van der Waals surface area contributed by atoms with E-state index < -0.39 is 0 Å². The predicted molar refractivity (Wildman–Crippen MR) is 59.7 cm³/mol. The summed E-state index contributed by atoms with van der Waals surface area (Å²) in [6.07, 6.45) is 2.83. The van der Waals surface area contributed by atoms with Crippen molar-refractivity contribution in [3.05, 3.63) is 12.7 Å². The van der Waals surface area contributed by atoms with E-state index in [-0.39, 0.29) is 18.1 Å². The summed E-state index contributed by atoms with van der Waals surface area (Å²) in [5, 5.41) is 3.00. The smallest absolute Gasteiger partial charge is 0.236 e. The fourth-order valence-electron chi connectivity index (χ4n) is 1.82. The monoisotopic (exact) mass is 212 g/mol. The van der Waals surface area contributed by atoms with Gasteiger partial charge in [0.05, 0.1) is 18.7 Å². The van der Waals surface area contributed by atoms with Gasteiger partial charge in [0.1, 0.15) is 0 Å². The molecule has 0 aliphatic carbocycles. The Morgan fingerprint density at radius 1 is 1.73 bits per heavy atom. The minimum Gasteiger partial charge on any atom is -0.376 e. The Morgan fingerprint density at radius 2 is 2.47 bits per heavy atom. The van der Waals surface area contributed by atoms with E-state index in [9.17, 15) is 4.79 Å². The minimum absolute atomic E-state index is 0.110. The molecule has 1 rings (SSSR count). The molecule has 0 saturated carbocycles. The van der Waals surface area contributed by atoms with Gasteiger partial charge in [0.2, 0.25) is 5.91 Å². The molecule has 15 heavy (non-hydrogen) atoms. The van der Waals surface area contributed by atoms with Gasteiger partial charge in [-0.3, -0.25) is 4.79 Å². The highest BCUT2D eigenvalue weighted by Gasteiger charge is 2.30. The van der Waals surface area contributed by atoms with Crippen molar-refractivity contribution < 1.29 is 9.53 Å². The van der Waals surface area contributed by atoms with Crippen molar-refractivity contribution in [2.24, 2.45) is 0 Å². The van der Waals surface area contributed by atoms with Gasteiger partial charge in [-0.2, -0.15) is 0 Å². The number of hydrogen-bond acceptors (Lipinski definition) is 3. The van der Waals surface area contributed by atoms with Crippen molar-refractivity contribution in [1.82, 2.24) is 10.2 Å². The van der Waals surface area contributed by atoms with Gasteiger partial charge in [0.25, 0.3) is 0 Å². The Hall–Kier alpha value is -0.870. The maximum atomic E-state index is 11.7. The van der Waals surface area contributed by atoms with E-state index in [0.29, 0.717) is 13.1 Å². The second kappa shape index (κ2) is 5.88. The Kier molecular flexibility index (Phi) is 4.78. The lowest BCUT2D eigenvalue weighted by molar-refractivity contribution is -0.131. The number of rotatable bonds is 5. The lowest BCUT2D eigenvalue weighted by atomic mass is 10.1. The van der Waals surface area contributed by atoms with Crippen molar-refractivity contribution in [2.75, 3.05) is 26.7 Å². The normalized spacial score (nSPS) is 25.2. The van der Waals surface area contributed by atoms with E-state index in [4.69, 9.17) is 4.74 Å². The summed E-state index contributed by atoms with van der Waals surface area (Å²) in [6, 6.07) is 0.225. The molecule has 0 aromatic carbocycles. The van der Waals surface area contributed by atoms with Gasteiger partial charge in [0.15, 0.2) is 0 Å². The summed E-state index contributed by atoms with van der Waals surface area (Å²) >= 11 is 0. The summed E-state index contributed by atoms with van der Waals surface area (Å²) in [7, 11) is 1.84. The third-order valence-electron chi connectivity index (χ3n) is 2.79. The van der Waals surface area contributed by atoms with Crippen LogP contribution in [0.5, 0.6) is 0 Å². The molecule has 1 heterocycles. The zero-order valence-electron chi connectivity index (χ0n) is 9.53. The van der Waals surface area contributed by atoms with Crippen LogP contribution in [-0.4, -0.2) is 49.7 Å². The lowest BCUT2D eigenvalue weighted by Gasteiger charge is -2.26. The standard InChI is InChI=1S/C11H20N2O2/c1-4-6-12-8-11(14)13(3)10-5-7-15-9(10)2/h4,9-10,12H,1,5-8H2,2-3H3. The van der Waals surface area contributed by atoms with Crippen LogP contribution in [0.2, 0.25) is 0 Å². The molecule has 1 amide bonds. The van der Waals surface area contributed by atoms with Gasteiger partial charge in [-0.15, -0.1) is 6.58 Å².